The first-order valence-electron chi connectivity index (χ1n) is 8.72. The average Bonchev–Trinajstić information content (AvgIpc) is 2.69. The van der Waals surface area contributed by atoms with Crippen molar-refractivity contribution >= 4 is 29.9 Å². The molecule has 1 aromatic carbocycles. The zero-order valence-corrected chi connectivity index (χ0v) is 16.1. The molecule has 0 spiro atoms. The van der Waals surface area contributed by atoms with Crippen molar-refractivity contribution in [1.82, 2.24) is 16.0 Å². The molecule has 9 nitrogen and oxygen atoms in total. The first-order valence-corrected chi connectivity index (χ1v) is 8.72. The number of ether oxygens (including phenoxy) is 2. The lowest BCUT2D eigenvalue weighted by Gasteiger charge is -2.12. The number of hydrogen-bond acceptors (Lipinski definition) is 6. The van der Waals surface area contributed by atoms with Crippen LogP contribution < -0.4 is 20.7 Å². The normalized spacial score (nSPS) is 11.4. The van der Waals surface area contributed by atoms with E-state index in [2.05, 4.69) is 10.6 Å². The van der Waals surface area contributed by atoms with Gasteiger partial charge in [0.25, 0.3) is 5.91 Å². The molecule has 0 unspecified atom stereocenters. The van der Waals surface area contributed by atoms with E-state index >= 15 is 0 Å². The topological polar surface area (TPSA) is 123 Å². The molecular weight excluding hydrogens is 366 g/mol. The molecular formula is C19H25N3O6. The molecule has 0 heterocycles. The zero-order chi connectivity index (χ0) is 20.9. The highest BCUT2D eigenvalue weighted by Crippen LogP contribution is 2.12. The lowest BCUT2D eigenvalue weighted by molar-refractivity contribution is -0.150. The van der Waals surface area contributed by atoms with Gasteiger partial charge in [0.05, 0.1) is 7.11 Å². The van der Waals surface area contributed by atoms with Gasteiger partial charge in [-0.05, 0) is 37.1 Å². The second-order valence-electron chi connectivity index (χ2n) is 5.75. The summed E-state index contributed by atoms with van der Waals surface area (Å²) in [7, 11) is 1.56. The van der Waals surface area contributed by atoms with E-state index in [1.807, 2.05) is 12.2 Å². The first-order chi connectivity index (χ1) is 13.3. The maximum Gasteiger partial charge on any atom is 0.328 e. The van der Waals surface area contributed by atoms with Gasteiger partial charge in [-0.3, -0.25) is 14.9 Å². The summed E-state index contributed by atoms with van der Waals surface area (Å²) in [6.45, 7) is 3.09. The minimum atomic E-state index is -0.963. The summed E-state index contributed by atoms with van der Waals surface area (Å²) in [4.78, 5) is 46.5. The van der Waals surface area contributed by atoms with Gasteiger partial charge in [0.2, 0.25) is 5.91 Å². The number of methoxy groups -OCH3 is 1. The summed E-state index contributed by atoms with van der Waals surface area (Å²) < 4.78 is 9.82. The molecule has 0 saturated carbocycles. The lowest BCUT2D eigenvalue weighted by atomic mass is 10.2. The van der Waals surface area contributed by atoms with Gasteiger partial charge < -0.3 is 20.1 Å². The Balaban J connectivity index is 2.37. The van der Waals surface area contributed by atoms with Gasteiger partial charge >= 0.3 is 12.0 Å². The van der Waals surface area contributed by atoms with E-state index in [0.717, 1.165) is 12.0 Å². The van der Waals surface area contributed by atoms with Crippen molar-refractivity contribution in [3.05, 3.63) is 35.9 Å². The van der Waals surface area contributed by atoms with Gasteiger partial charge in [-0.15, -0.1) is 0 Å². The minimum Gasteiger partial charge on any atom is -0.497 e. The number of rotatable bonds is 9. The average molecular weight is 391 g/mol. The number of carbonyl (C=O) groups is 4. The van der Waals surface area contributed by atoms with Gasteiger partial charge in [0.1, 0.15) is 11.8 Å². The van der Waals surface area contributed by atoms with Crippen molar-refractivity contribution in [2.24, 2.45) is 0 Å². The Hall–Kier alpha value is -3.36. The number of carbonyl (C=O) groups excluding carboxylic acids is 4. The minimum absolute atomic E-state index is 0.423. The van der Waals surface area contributed by atoms with Gasteiger partial charge in [-0.25, -0.2) is 9.59 Å². The smallest absolute Gasteiger partial charge is 0.328 e. The highest BCUT2D eigenvalue weighted by molar-refractivity contribution is 5.96. The molecule has 1 rings (SSSR count). The van der Waals surface area contributed by atoms with E-state index < -0.39 is 36.5 Å². The van der Waals surface area contributed by atoms with Crippen molar-refractivity contribution in [2.75, 3.05) is 20.3 Å². The summed E-state index contributed by atoms with van der Waals surface area (Å²) >= 11 is 0. The van der Waals surface area contributed by atoms with Crippen LogP contribution in [0, 0.1) is 0 Å². The van der Waals surface area contributed by atoms with Crippen molar-refractivity contribution in [2.45, 2.75) is 26.3 Å². The molecule has 0 aromatic heterocycles. The van der Waals surface area contributed by atoms with Crippen LogP contribution in [0.4, 0.5) is 4.79 Å². The van der Waals surface area contributed by atoms with Crippen molar-refractivity contribution in [3.8, 4) is 5.75 Å². The molecule has 0 aliphatic rings. The number of hydrogen-bond donors (Lipinski definition) is 3. The number of benzene rings is 1. The van der Waals surface area contributed by atoms with E-state index in [9.17, 15) is 19.2 Å². The summed E-state index contributed by atoms with van der Waals surface area (Å²) in [6.07, 6.45) is 3.58. The third-order valence-corrected chi connectivity index (χ3v) is 3.39. The molecule has 0 aliphatic heterocycles. The number of esters is 1. The Morgan fingerprint density at radius 3 is 2.43 bits per heavy atom. The SMILES string of the molecule is CCCNC(=O)NC(=O)COC(=O)[C@H](C)NC(=O)C=Cc1ccc(OC)cc1. The fourth-order valence-electron chi connectivity index (χ4n) is 1.91. The lowest BCUT2D eigenvalue weighted by Crippen LogP contribution is -2.43. The second-order valence-corrected chi connectivity index (χ2v) is 5.75. The van der Waals surface area contributed by atoms with Crippen LogP contribution in [0.15, 0.2) is 30.3 Å². The molecule has 0 aliphatic carbocycles. The number of urea groups is 1. The molecule has 0 radical (unpaired) electrons. The van der Waals surface area contributed by atoms with E-state index in [0.29, 0.717) is 12.3 Å². The highest BCUT2D eigenvalue weighted by Gasteiger charge is 2.18. The van der Waals surface area contributed by atoms with Gasteiger partial charge in [-0.2, -0.15) is 0 Å². The first kappa shape index (κ1) is 22.7. The summed E-state index contributed by atoms with van der Waals surface area (Å²) in [6, 6.07) is 5.43. The third kappa shape index (κ3) is 8.84. The van der Waals surface area contributed by atoms with Gasteiger partial charge in [0.15, 0.2) is 6.61 Å². The van der Waals surface area contributed by atoms with Crippen LogP contribution in [-0.4, -0.2) is 50.1 Å². The van der Waals surface area contributed by atoms with Crippen LogP contribution in [0.5, 0.6) is 5.75 Å². The predicted molar refractivity (Wildman–Crippen MR) is 102 cm³/mol. The van der Waals surface area contributed by atoms with E-state index in [1.54, 1.807) is 37.5 Å². The van der Waals surface area contributed by atoms with Gasteiger partial charge in [-0.1, -0.05) is 19.1 Å². The summed E-state index contributed by atoms with van der Waals surface area (Å²) in [5.41, 5.74) is 0.782. The molecule has 4 amide bonds. The quantitative estimate of drug-likeness (QED) is 0.426. The molecule has 3 N–H and O–H groups in total. The molecule has 28 heavy (non-hydrogen) atoms. The Kier molecular flexibility index (Phi) is 9.80. The maximum atomic E-state index is 11.9. The number of amides is 4. The summed E-state index contributed by atoms with van der Waals surface area (Å²) in [5.74, 6) is -1.36. The Labute approximate surface area is 163 Å². The fraction of sp³-hybridized carbons (Fsp3) is 0.368. The number of nitrogens with one attached hydrogen (secondary N) is 3. The monoisotopic (exact) mass is 391 g/mol. The second kappa shape index (κ2) is 12.1. The van der Waals surface area contributed by atoms with Crippen LogP contribution in [0.25, 0.3) is 6.08 Å². The molecule has 1 atom stereocenters. The fourth-order valence-corrected chi connectivity index (χ4v) is 1.91. The van der Waals surface area contributed by atoms with Crippen molar-refractivity contribution in [1.29, 1.82) is 0 Å². The molecule has 152 valence electrons. The maximum absolute atomic E-state index is 11.9. The van der Waals surface area contributed by atoms with Gasteiger partial charge in [0, 0.05) is 12.6 Å². The highest BCUT2D eigenvalue weighted by atomic mass is 16.5. The summed E-state index contributed by atoms with van der Waals surface area (Å²) in [5, 5.41) is 6.90. The van der Waals surface area contributed by atoms with Crippen LogP contribution in [-0.2, 0) is 19.1 Å². The van der Waals surface area contributed by atoms with Crippen LogP contribution in [0.2, 0.25) is 0 Å². The number of imide groups is 1. The Bertz CT molecular complexity index is 715. The molecule has 0 saturated heterocycles. The Morgan fingerprint density at radius 1 is 1.14 bits per heavy atom. The van der Waals surface area contributed by atoms with E-state index in [4.69, 9.17) is 9.47 Å². The molecule has 0 fully saturated rings. The molecule has 0 bridgehead atoms. The standard InChI is InChI=1S/C19H25N3O6/c1-4-11-20-19(26)22-17(24)12-28-18(25)13(2)21-16(23)10-7-14-5-8-15(27-3)9-6-14/h5-10,13H,4,11-12H2,1-3H3,(H,21,23)(H2,20,22,24,26)/t13-/m0/s1. The third-order valence-electron chi connectivity index (χ3n) is 3.39. The van der Waals surface area contributed by atoms with E-state index in [1.165, 1.54) is 13.0 Å². The van der Waals surface area contributed by atoms with Crippen LogP contribution in [0.3, 0.4) is 0 Å². The zero-order valence-electron chi connectivity index (χ0n) is 16.1. The van der Waals surface area contributed by atoms with Crippen molar-refractivity contribution in [3.63, 3.8) is 0 Å². The van der Waals surface area contributed by atoms with Crippen molar-refractivity contribution < 1.29 is 28.7 Å². The Morgan fingerprint density at radius 2 is 1.82 bits per heavy atom. The van der Waals surface area contributed by atoms with Crippen LogP contribution >= 0.6 is 0 Å². The molecule has 9 heteroatoms. The predicted octanol–water partition coefficient (Wildman–Crippen LogP) is 0.992. The van der Waals surface area contributed by atoms with Crippen LogP contribution in [0.1, 0.15) is 25.8 Å². The van der Waals surface area contributed by atoms with E-state index in [-0.39, 0.29) is 0 Å². The molecule has 1 aromatic rings. The largest absolute Gasteiger partial charge is 0.497 e.